The molecule has 220 valence electrons. The Morgan fingerprint density at radius 3 is 2.43 bits per heavy atom. The van der Waals surface area contributed by atoms with Gasteiger partial charge in [-0.1, -0.05) is 113 Å². The molecule has 2 aliphatic heterocycles. The summed E-state index contributed by atoms with van der Waals surface area (Å²) in [6.45, 7) is 8.74. The van der Waals surface area contributed by atoms with Gasteiger partial charge in [-0.05, 0) is 84.6 Å². The SMILES string of the molecule is C=C/C=C\C(=C1/C/C(C)=C/C=C\C=C\O1)c1ccc(Nc2ccc(Br)cc2)c(C)c1.c1ccc2c(c1)COc1ccccc1-2. The van der Waals surface area contributed by atoms with Crippen LogP contribution in [0.15, 0.2) is 162 Å². The van der Waals surface area contributed by atoms with Gasteiger partial charge in [0, 0.05) is 33.4 Å². The largest absolute Gasteiger partial charge is 0.488 e. The van der Waals surface area contributed by atoms with Gasteiger partial charge in [0.1, 0.15) is 18.1 Å². The molecular formula is C40H36BrNO2. The van der Waals surface area contributed by atoms with E-state index < -0.39 is 0 Å². The van der Waals surface area contributed by atoms with Gasteiger partial charge in [0.05, 0.1) is 6.26 Å². The fraction of sp³-hybridized carbons (Fsp3) is 0.100. The lowest BCUT2D eigenvalue weighted by Gasteiger charge is -2.20. The second-order valence-corrected chi connectivity index (χ2v) is 11.5. The predicted molar refractivity (Wildman–Crippen MR) is 189 cm³/mol. The summed E-state index contributed by atoms with van der Waals surface area (Å²) in [5.74, 6) is 1.90. The molecule has 0 fully saturated rings. The van der Waals surface area contributed by atoms with Crippen LogP contribution >= 0.6 is 15.9 Å². The second kappa shape index (κ2) is 15.1. The van der Waals surface area contributed by atoms with Crippen molar-refractivity contribution in [2.24, 2.45) is 0 Å². The Morgan fingerprint density at radius 1 is 0.864 bits per heavy atom. The number of para-hydroxylation sites is 1. The molecule has 0 spiro atoms. The van der Waals surface area contributed by atoms with Crippen LogP contribution in [0.2, 0.25) is 0 Å². The van der Waals surface area contributed by atoms with Crippen molar-refractivity contribution in [3.63, 3.8) is 0 Å². The summed E-state index contributed by atoms with van der Waals surface area (Å²) in [5, 5.41) is 3.49. The molecule has 44 heavy (non-hydrogen) atoms. The molecule has 0 bridgehead atoms. The topological polar surface area (TPSA) is 30.5 Å². The molecule has 0 radical (unpaired) electrons. The van der Waals surface area contributed by atoms with Crippen LogP contribution in [0.25, 0.3) is 16.7 Å². The van der Waals surface area contributed by atoms with Gasteiger partial charge < -0.3 is 14.8 Å². The molecule has 0 amide bonds. The molecule has 0 aromatic heterocycles. The Hall–Kier alpha value is -4.80. The Balaban J connectivity index is 0.000000226. The van der Waals surface area contributed by atoms with Crippen LogP contribution < -0.4 is 10.1 Å². The van der Waals surface area contributed by atoms with Crippen LogP contribution in [-0.4, -0.2) is 0 Å². The smallest absolute Gasteiger partial charge is 0.127 e. The highest BCUT2D eigenvalue weighted by Crippen LogP contribution is 2.36. The first-order chi connectivity index (χ1) is 21.5. The number of hydrogen-bond donors (Lipinski definition) is 1. The number of benzene rings is 4. The summed E-state index contributed by atoms with van der Waals surface area (Å²) in [6, 6.07) is 31.2. The number of aryl methyl sites for hydroxylation is 1. The van der Waals surface area contributed by atoms with Crippen LogP contribution in [0, 0.1) is 6.92 Å². The number of ether oxygens (including phenoxy) is 2. The van der Waals surface area contributed by atoms with Gasteiger partial charge in [-0.15, -0.1) is 0 Å². The Morgan fingerprint density at radius 2 is 1.64 bits per heavy atom. The summed E-state index contributed by atoms with van der Waals surface area (Å²) >= 11 is 3.48. The third kappa shape index (κ3) is 7.97. The molecule has 4 aromatic carbocycles. The van der Waals surface area contributed by atoms with Crippen molar-refractivity contribution in [3.8, 4) is 16.9 Å². The quantitative estimate of drug-likeness (QED) is 0.220. The number of rotatable bonds is 5. The number of fused-ring (bicyclic) bond motifs is 3. The second-order valence-electron chi connectivity index (χ2n) is 10.6. The minimum Gasteiger partial charge on any atom is -0.488 e. The highest BCUT2D eigenvalue weighted by Gasteiger charge is 2.15. The fourth-order valence-corrected chi connectivity index (χ4v) is 5.28. The lowest BCUT2D eigenvalue weighted by atomic mass is 9.97. The first-order valence-electron chi connectivity index (χ1n) is 14.6. The van der Waals surface area contributed by atoms with E-state index in [0.717, 1.165) is 50.5 Å². The zero-order chi connectivity index (χ0) is 30.7. The normalized spacial score (nSPS) is 17.3. The Labute approximate surface area is 269 Å². The van der Waals surface area contributed by atoms with Crippen molar-refractivity contribution < 1.29 is 9.47 Å². The monoisotopic (exact) mass is 641 g/mol. The van der Waals surface area contributed by atoms with E-state index in [-0.39, 0.29) is 0 Å². The van der Waals surface area contributed by atoms with Crippen LogP contribution in [-0.2, 0) is 11.3 Å². The van der Waals surface area contributed by atoms with E-state index in [1.54, 1.807) is 12.3 Å². The third-order valence-corrected chi connectivity index (χ3v) is 7.80. The zero-order valence-corrected chi connectivity index (χ0v) is 26.7. The zero-order valence-electron chi connectivity index (χ0n) is 25.1. The molecule has 0 saturated heterocycles. The van der Waals surface area contributed by atoms with Gasteiger partial charge >= 0.3 is 0 Å². The number of hydrogen-bond acceptors (Lipinski definition) is 3. The van der Waals surface area contributed by atoms with Crippen molar-refractivity contribution in [2.45, 2.75) is 26.9 Å². The minimum absolute atomic E-state index is 0.688. The Kier molecular flexibility index (Phi) is 10.5. The molecular weight excluding hydrogens is 606 g/mol. The number of allylic oxidation sites excluding steroid dienone is 9. The summed E-state index contributed by atoms with van der Waals surface area (Å²) in [7, 11) is 0. The van der Waals surface area contributed by atoms with E-state index in [9.17, 15) is 0 Å². The molecule has 4 aromatic rings. The first kappa shape index (κ1) is 30.7. The molecule has 0 atom stereocenters. The molecule has 0 aliphatic carbocycles. The number of halogens is 1. The highest BCUT2D eigenvalue weighted by atomic mass is 79.9. The molecule has 3 nitrogen and oxygen atoms in total. The molecule has 2 heterocycles. The van der Waals surface area contributed by atoms with E-state index in [1.165, 1.54) is 22.3 Å². The maximum absolute atomic E-state index is 6.03. The fourth-order valence-electron chi connectivity index (χ4n) is 5.02. The van der Waals surface area contributed by atoms with Crippen molar-refractivity contribution in [1.29, 1.82) is 0 Å². The van der Waals surface area contributed by atoms with E-state index in [0.29, 0.717) is 6.61 Å². The van der Waals surface area contributed by atoms with Crippen molar-refractivity contribution in [3.05, 3.63) is 179 Å². The number of nitrogens with one attached hydrogen (secondary N) is 1. The van der Waals surface area contributed by atoms with E-state index in [1.807, 2.05) is 54.6 Å². The Bertz CT molecular complexity index is 1730. The van der Waals surface area contributed by atoms with Gasteiger partial charge in [-0.3, -0.25) is 0 Å². The van der Waals surface area contributed by atoms with Crippen molar-refractivity contribution in [1.82, 2.24) is 0 Å². The standard InChI is InChI=1S/C27H26BrNO.C13H10O/c1-4-5-10-25(27-18-20(2)9-7-6-8-17-30-27)22-11-16-26(21(3)19-22)29-24-14-12-23(28)13-15-24;1-2-6-11-10(5-1)9-14-13-8-4-3-7-12(11)13/h4-17,19,29H,1,18H2,2-3H3;1-8H,9H2/b7-6-,10-5-,17-8+,20-9+,27-25-;. The van der Waals surface area contributed by atoms with Crippen LogP contribution in [0.1, 0.15) is 30.0 Å². The van der Waals surface area contributed by atoms with Crippen LogP contribution in [0.3, 0.4) is 0 Å². The summed E-state index contributed by atoms with van der Waals surface area (Å²) in [5.41, 5.74) is 10.5. The highest BCUT2D eigenvalue weighted by molar-refractivity contribution is 9.10. The maximum atomic E-state index is 6.03. The van der Waals surface area contributed by atoms with Gasteiger partial charge in [-0.25, -0.2) is 0 Å². The van der Waals surface area contributed by atoms with E-state index in [2.05, 4.69) is 114 Å². The molecule has 0 saturated carbocycles. The summed E-state index contributed by atoms with van der Waals surface area (Å²) in [4.78, 5) is 0. The van der Waals surface area contributed by atoms with Gasteiger partial charge in [-0.2, -0.15) is 0 Å². The molecule has 2 aliphatic rings. The average Bonchev–Trinajstić information content (AvgIpc) is 3.15. The van der Waals surface area contributed by atoms with Gasteiger partial charge in [0.25, 0.3) is 0 Å². The average molecular weight is 643 g/mol. The first-order valence-corrected chi connectivity index (χ1v) is 15.4. The summed E-state index contributed by atoms with van der Waals surface area (Å²) in [6.07, 6.45) is 16.3. The van der Waals surface area contributed by atoms with Crippen LogP contribution in [0.4, 0.5) is 11.4 Å². The number of anilines is 2. The maximum Gasteiger partial charge on any atom is 0.127 e. The predicted octanol–water partition coefficient (Wildman–Crippen LogP) is 11.6. The molecule has 0 unspecified atom stereocenters. The van der Waals surface area contributed by atoms with Crippen molar-refractivity contribution in [2.75, 3.05) is 5.32 Å². The van der Waals surface area contributed by atoms with Crippen molar-refractivity contribution >= 4 is 32.9 Å². The van der Waals surface area contributed by atoms with E-state index >= 15 is 0 Å². The molecule has 4 heteroatoms. The minimum atomic E-state index is 0.688. The van der Waals surface area contributed by atoms with Gasteiger partial charge in [0.2, 0.25) is 0 Å². The van der Waals surface area contributed by atoms with Gasteiger partial charge in [0.15, 0.2) is 0 Å². The molecule has 1 N–H and O–H groups in total. The lowest BCUT2D eigenvalue weighted by molar-refractivity contribution is 0.302. The van der Waals surface area contributed by atoms with Crippen LogP contribution in [0.5, 0.6) is 5.75 Å². The summed E-state index contributed by atoms with van der Waals surface area (Å²) < 4.78 is 12.7. The van der Waals surface area contributed by atoms with E-state index in [4.69, 9.17) is 9.47 Å². The third-order valence-electron chi connectivity index (χ3n) is 7.27. The molecule has 6 rings (SSSR count). The lowest BCUT2D eigenvalue weighted by Crippen LogP contribution is -2.04.